The minimum Gasteiger partial charge on any atom is -0.497 e. The molecule has 0 amide bonds. The molecule has 7 nitrogen and oxygen atoms in total. The molecule has 0 bridgehead atoms. The number of rotatable bonds is 5. The average molecular weight is 297 g/mol. The van der Waals surface area contributed by atoms with Crippen LogP contribution in [-0.4, -0.2) is 32.8 Å². The molecular weight excluding hydrogens is 282 g/mol. The van der Waals surface area contributed by atoms with Crippen molar-refractivity contribution in [1.29, 1.82) is 0 Å². The Morgan fingerprint density at radius 1 is 1.25 bits per heavy atom. The van der Waals surface area contributed by atoms with Gasteiger partial charge in [-0.1, -0.05) is 0 Å². The Hall–Kier alpha value is -2.22. The predicted octanol–water partition coefficient (Wildman–Crippen LogP) is 1.54. The van der Waals surface area contributed by atoms with Gasteiger partial charge in [-0.25, -0.2) is 8.42 Å². The standard InChI is InChI=1S/C12H15N3O4S/c1-8-7-13-14-12(8)15-20(16,17)11-6-9(18-2)4-5-10(11)19-3/h4-7H,1-3H3,(H2,13,14,15). The predicted molar refractivity (Wildman–Crippen MR) is 73.7 cm³/mol. The van der Waals surface area contributed by atoms with Crippen molar-refractivity contribution >= 4 is 15.8 Å². The second kappa shape index (κ2) is 5.41. The molecule has 0 spiro atoms. The fraction of sp³-hybridized carbons (Fsp3) is 0.250. The third-order valence-corrected chi connectivity index (χ3v) is 4.10. The zero-order valence-corrected chi connectivity index (χ0v) is 12.1. The minimum atomic E-state index is -3.81. The highest BCUT2D eigenvalue weighted by atomic mass is 32.2. The molecule has 2 rings (SSSR count). The molecule has 1 aromatic carbocycles. The second-order valence-electron chi connectivity index (χ2n) is 4.05. The highest BCUT2D eigenvalue weighted by Crippen LogP contribution is 2.29. The minimum absolute atomic E-state index is 0.00616. The van der Waals surface area contributed by atoms with Gasteiger partial charge in [0.15, 0.2) is 0 Å². The van der Waals surface area contributed by atoms with E-state index in [0.29, 0.717) is 17.1 Å². The number of nitrogens with zero attached hydrogens (tertiary/aromatic N) is 1. The Morgan fingerprint density at radius 2 is 2.00 bits per heavy atom. The molecule has 2 N–H and O–H groups in total. The van der Waals surface area contributed by atoms with E-state index < -0.39 is 10.0 Å². The van der Waals surface area contributed by atoms with Crippen LogP contribution in [0.25, 0.3) is 0 Å². The molecule has 1 heterocycles. The largest absolute Gasteiger partial charge is 0.497 e. The molecule has 8 heteroatoms. The van der Waals surface area contributed by atoms with Gasteiger partial charge in [-0.2, -0.15) is 5.10 Å². The van der Waals surface area contributed by atoms with Crippen LogP contribution in [0.15, 0.2) is 29.3 Å². The van der Waals surface area contributed by atoms with Gasteiger partial charge in [0.25, 0.3) is 10.0 Å². The molecule has 2 aromatic rings. The van der Waals surface area contributed by atoms with Crippen LogP contribution in [0.4, 0.5) is 5.82 Å². The maximum absolute atomic E-state index is 12.4. The molecule has 0 radical (unpaired) electrons. The molecule has 108 valence electrons. The molecule has 0 aliphatic heterocycles. The lowest BCUT2D eigenvalue weighted by molar-refractivity contribution is 0.392. The highest BCUT2D eigenvalue weighted by Gasteiger charge is 2.22. The summed E-state index contributed by atoms with van der Waals surface area (Å²) in [6.45, 7) is 1.74. The summed E-state index contributed by atoms with van der Waals surface area (Å²) >= 11 is 0. The van der Waals surface area contributed by atoms with Crippen molar-refractivity contribution in [2.24, 2.45) is 0 Å². The number of sulfonamides is 1. The van der Waals surface area contributed by atoms with E-state index >= 15 is 0 Å². The first-order chi connectivity index (χ1) is 9.47. The summed E-state index contributed by atoms with van der Waals surface area (Å²) in [4.78, 5) is -0.00616. The monoisotopic (exact) mass is 297 g/mol. The molecule has 1 aromatic heterocycles. The molecule has 0 aliphatic carbocycles. The zero-order chi connectivity index (χ0) is 14.8. The SMILES string of the molecule is COc1ccc(OC)c(S(=O)(=O)Nc2[nH]ncc2C)c1. The number of hydrogen-bond acceptors (Lipinski definition) is 5. The third-order valence-electron chi connectivity index (χ3n) is 2.73. The van der Waals surface area contributed by atoms with Crippen molar-refractivity contribution in [3.05, 3.63) is 30.0 Å². The number of aromatic nitrogens is 2. The van der Waals surface area contributed by atoms with Crippen molar-refractivity contribution in [3.63, 3.8) is 0 Å². The Kier molecular flexibility index (Phi) is 3.84. The summed E-state index contributed by atoms with van der Waals surface area (Å²) in [6, 6.07) is 4.55. The van der Waals surface area contributed by atoms with E-state index in [1.54, 1.807) is 13.0 Å². The molecule has 0 aliphatic rings. The molecular formula is C12H15N3O4S. The maximum Gasteiger partial charge on any atom is 0.266 e. The highest BCUT2D eigenvalue weighted by molar-refractivity contribution is 7.92. The van der Waals surface area contributed by atoms with Crippen LogP contribution < -0.4 is 14.2 Å². The van der Waals surface area contributed by atoms with E-state index in [1.807, 2.05) is 0 Å². The number of methoxy groups -OCH3 is 2. The average Bonchev–Trinajstić information content (AvgIpc) is 2.83. The second-order valence-corrected chi connectivity index (χ2v) is 5.70. The quantitative estimate of drug-likeness (QED) is 0.873. The van der Waals surface area contributed by atoms with Gasteiger partial charge in [-0.05, 0) is 19.1 Å². The summed E-state index contributed by atoms with van der Waals surface area (Å²) < 4.78 is 37.4. The summed E-state index contributed by atoms with van der Waals surface area (Å²) in [6.07, 6.45) is 1.53. The first-order valence-corrected chi connectivity index (χ1v) is 7.21. The Bertz CT molecular complexity index is 709. The number of ether oxygens (including phenoxy) is 2. The van der Waals surface area contributed by atoms with Gasteiger partial charge in [0.05, 0.1) is 20.4 Å². The molecule has 0 unspecified atom stereocenters. The fourth-order valence-electron chi connectivity index (χ4n) is 1.63. The molecule has 20 heavy (non-hydrogen) atoms. The van der Waals surface area contributed by atoms with Crippen LogP contribution in [-0.2, 0) is 10.0 Å². The van der Waals surface area contributed by atoms with E-state index in [9.17, 15) is 8.42 Å². The normalized spacial score (nSPS) is 11.2. The summed E-state index contributed by atoms with van der Waals surface area (Å²) in [5.74, 6) is 0.970. The van der Waals surface area contributed by atoms with Crippen molar-refractivity contribution in [1.82, 2.24) is 10.2 Å². The first kappa shape index (κ1) is 14.2. The van der Waals surface area contributed by atoms with Gasteiger partial charge >= 0.3 is 0 Å². The summed E-state index contributed by atoms with van der Waals surface area (Å²) in [5.41, 5.74) is 0.690. The molecule has 0 fully saturated rings. The smallest absolute Gasteiger partial charge is 0.266 e. The first-order valence-electron chi connectivity index (χ1n) is 5.72. The van der Waals surface area contributed by atoms with Crippen molar-refractivity contribution < 1.29 is 17.9 Å². The Balaban J connectivity index is 2.45. The van der Waals surface area contributed by atoms with Gasteiger partial charge < -0.3 is 9.47 Å². The number of nitrogens with one attached hydrogen (secondary N) is 2. The fourth-order valence-corrected chi connectivity index (χ4v) is 2.91. The lowest BCUT2D eigenvalue weighted by Crippen LogP contribution is -2.15. The number of anilines is 1. The Labute approximate surface area is 117 Å². The zero-order valence-electron chi connectivity index (χ0n) is 11.3. The van der Waals surface area contributed by atoms with Gasteiger partial charge in [0, 0.05) is 11.6 Å². The van der Waals surface area contributed by atoms with Crippen LogP contribution in [0.2, 0.25) is 0 Å². The lowest BCUT2D eigenvalue weighted by atomic mass is 10.3. The molecule has 0 saturated carbocycles. The van der Waals surface area contributed by atoms with Crippen LogP contribution in [0.5, 0.6) is 11.5 Å². The number of benzene rings is 1. The van der Waals surface area contributed by atoms with Crippen LogP contribution in [0.3, 0.4) is 0 Å². The van der Waals surface area contributed by atoms with Crippen LogP contribution in [0, 0.1) is 6.92 Å². The number of hydrogen-bond donors (Lipinski definition) is 2. The van der Waals surface area contributed by atoms with Crippen LogP contribution in [0.1, 0.15) is 5.56 Å². The van der Waals surface area contributed by atoms with Gasteiger partial charge in [-0.15, -0.1) is 0 Å². The van der Waals surface area contributed by atoms with E-state index in [-0.39, 0.29) is 10.6 Å². The van der Waals surface area contributed by atoms with E-state index in [0.717, 1.165) is 0 Å². The topological polar surface area (TPSA) is 93.3 Å². The van der Waals surface area contributed by atoms with E-state index in [2.05, 4.69) is 14.9 Å². The van der Waals surface area contributed by atoms with Gasteiger partial charge in [-0.3, -0.25) is 9.82 Å². The summed E-state index contributed by atoms with van der Waals surface area (Å²) in [5, 5.41) is 6.35. The van der Waals surface area contributed by atoms with Crippen molar-refractivity contribution in [2.45, 2.75) is 11.8 Å². The summed E-state index contributed by atoms with van der Waals surface area (Å²) in [7, 11) is -0.939. The maximum atomic E-state index is 12.4. The van der Waals surface area contributed by atoms with Gasteiger partial charge in [0.2, 0.25) is 0 Å². The van der Waals surface area contributed by atoms with Crippen molar-refractivity contribution in [3.8, 4) is 11.5 Å². The Morgan fingerprint density at radius 3 is 2.55 bits per heavy atom. The van der Waals surface area contributed by atoms with Crippen LogP contribution >= 0.6 is 0 Å². The number of aromatic amines is 1. The van der Waals surface area contributed by atoms with E-state index in [4.69, 9.17) is 9.47 Å². The third kappa shape index (κ3) is 2.69. The number of aryl methyl sites for hydroxylation is 1. The molecule has 0 atom stereocenters. The van der Waals surface area contributed by atoms with E-state index in [1.165, 1.54) is 32.5 Å². The number of H-pyrrole nitrogens is 1. The molecule has 0 saturated heterocycles. The lowest BCUT2D eigenvalue weighted by Gasteiger charge is -2.12. The van der Waals surface area contributed by atoms with Gasteiger partial charge in [0.1, 0.15) is 22.2 Å². The van der Waals surface area contributed by atoms with Crippen molar-refractivity contribution in [2.75, 3.05) is 18.9 Å².